The zero-order chi connectivity index (χ0) is 23.9. The molecule has 0 radical (unpaired) electrons. The first-order valence-electron chi connectivity index (χ1n) is 10.7. The van der Waals surface area contributed by atoms with Gasteiger partial charge in [0.1, 0.15) is 10.8 Å². The minimum absolute atomic E-state index is 0.0142. The number of rotatable bonds is 7. The lowest BCUT2D eigenvalue weighted by atomic mass is 9.70. The number of ether oxygens (including phenoxy) is 2. The maximum Gasteiger partial charge on any atom is 0.355 e. The number of carbonyl (C=O) groups is 2. The lowest BCUT2D eigenvalue weighted by Crippen LogP contribution is -2.42. The van der Waals surface area contributed by atoms with Gasteiger partial charge in [-0.1, -0.05) is 23.4 Å². The summed E-state index contributed by atoms with van der Waals surface area (Å²) in [5.74, 6) is -1.07. The molecule has 1 saturated carbocycles. The topological polar surface area (TPSA) is 135 Å². The summed E-state index contributed by atoms with van der Waals surface area (Å²) in [6, 6.07) is 7.13. The first-order chi connectivity index (χ1) is 16.4. The first-order valence-corrected chi connectivity index (χ1v) is 11.9. The highest BCUT2D eigenvalue weighted by Crippen LogP contribution is 2.56. The van der Waals surface area contributed by atoms with E-state index >= 15 is 0 Å². The third-order valence-corrected chi connectivity index (χ3v) is 8.35. The zero-order valence-corrected chi connectivity index (χ0v) is 19.4. The van der Waals surface area contributed by atoms with Crippen LogP contribution < -0.4 is 9.47 Å². The van der Waals surface area contributed by atoms with Gasteiger partial charge in [0.25, 0.3) is 0 Å². The number of aromatic nitrogens is 2. The van der Waals surface area contributed by atoms with Gasteiger partial charge >= 0.3 is 11.9 Å². The van der Waals surface area contributed by atoms with Gasteiger partial charge in [0.05, 0.1) is 18.5 Å². The predicted octanol–water partition coefficient (Wildman–Crippen LogP) is 4.83. The van der Waals surface area contributed by atoms with Gasteiger partial charge in [-0.3, -0.25) is 4.79 Å². The summed E-state index contributed by atoms with van der Waals surface area (Å²) < 4.78 is 16.1. The van der Waals surface area contributed by atoms with Crippen molar-refractivity contribution in [2.24, 2.45) is 5.92 Å². The number of hydrogen-bond donors (Lipinski definition) is 3. The van der Waals surface area contributed by atoms with Gasteiger partial charge in [-0.2, -0.15) is 0 Å². The standard InChI is InChI=1S/C23H21ClN2O7S/c24-15-8-18-17(32-11-33-18)7-13(15)9-23(34-20-19(22(29)30)25-10-26-20)4-3-12(21(27)28)6-14(23)16-2-1-5-31-16/h1-2,5,7-8,10,12,14H,3-4,6,9,11H2,(H,25,26)(H,27,28)(H,29,30). The van der Waals surface area contributed by atoms with Gasteiger partial charge in [-0.05, 0) is 49.4 Å². The third-order valence-electron chi connectivity index (χ3n) is 6.46. The number of thioether (sulfide) groups is 1. The second-order valence-electron chi connectivity index (χ2n) is 8.41. The Kier molecular flexibility index (Phi) is 5.95. The SMILES string of the molecule is O=C(O)c1[nH]cnc1SC1(Cc2cc3c(cc2Cl)OCO3)CCC(C(=O)O)CC1c1ccco1. The highest BCUT2D eigenvalue weighted by atomic mass is 35.5. The van der Waals surface area contributed by atoms with Crippen molar-refractivity contribution in [1.82, 2.24) is 9.97 Å². The quantitative estimate of drug-likeness (QED) is 0.413. The second kappa shape index (κ2) is 8.92. The molecule has 0 bridgehead atoms. The summed E-state index contributed by atoms with van der Waals surface area (Å²) in [6.07, 6.45) is 4.56. The number of nitrogens with one attached hydrogen (secondary N) is 1. The summed E-state index contributed by atoms with van der Waals surface area (Å²) in [6.45, 7) is 0.111. The number of benzene rings is 1. The molecule has 0 spiro atoms. The largest absolute Gasteiger partial charge is 0.481 e. The highest BCUT2D eigenvalue weighted by Gasteiger charge is 2.49. The Morgan fingerprint density at radius 3 is 2.76 bits per heavy atom. The van der Waals surface area contributed by atoms with E-state index < -0.39 is 22.6 Å². The van der Waals surface area contributed by atoms with Gasteiger partial charge < -0.3 is 29.1 Å². The number of carboxylic acid groups (broad SMARTS) is 2. The van der Waals surface area contributed by atoms with Crippen LogP contribution >= 0.6 is 23.4 Å². The van der Waals surface area contributed by atoms with Crippen molar-refractivity contribution in [2.45, 2.75) is 41.4 Å². The van der Waals surface area contributed by atoms with Gasteiger partial charge in [0, 0.05) is 21.8 Å². The predicted molar refractivity (Wildman–Crippen MR) is 122 cm³/mol. The molecule has 0 amide bonds. The van der Waals surface area contributed by atoms with E-state index in [0.717, 1.165) is 5.56 Å². The fourth-order valence-electron chi connectivity index (χ4n) is 4.79. The van der Waals surface area contributed by atoms with Crippen LogP contribution in [0.4, 0.5) is 0 Å². The third kappa shape index (κ3) is 4.12. The van der Waals surface area contributed by atoms with Crippen LogP contribution in [0, 0.1) is 5.92 Å². The molecule has 3 heterocycles. The molecule has 3 N–H and O–H groups in total. The minimum Gasteiger partial charge on any atom is -0.481 e. The second-order valence-corrected chi connectivity index (χ2v) is 10.2. The number of furan rings is 1. The number of aromatic amines is 1. The van der Waals surface area contributed by atoms with Crippen LogP contribution in [0.15, 0.2) is 46.3 Å². The van der Waals surface area contributed by atoms with Crippen LogP contribution in [0.5, 0.6) is 11.5 Å². The summed E-state index contributed by atoms with van der Waals surface area (Å²) in [5.41, 5.74) is 0.774. The van der Waals surface area contributed by atoms with E-state index in [4.69, 9.17) is 25.5 Å². The van der Waals surface area contributed by atoms with Crippen molar-refractivity contribution >= 4 is 35.3 Å². The Morgan fingerprint density at radius 2 is 2.06 bits per heavy atom. The zero-order valence-electron chi connectivity index (χ0n) is 17.8. The number of aliphatic carboxylic acids is 1. The number of carboxylic acids is 2. The molecule has 2 aromatic heterocycles. The Labute approximate surface area is 203 Å². The molecule has 2 aliphatic rings. The van der Waals surface area contributed by atoms with Crippen LogP contribution in [-0.4, -0.2) is 43.7 Å². The molecule has 3 unspecified atom stereocenters. The molecular weight excluding hydrogens is 484 g/mol. The summed E-state index contributed by atoms with van der Waals surface area (Å²) >= 11 is 7.95. The maximum absolute atomic E-state index is 11.9. The van der Waals surface area contributed by atoms with Gasteiger partial charge in [-0.25, -0.2) is 9.78 Å². The number of aromatic carboxylic acids is 1. The Hall–Kier alpha value is -3.11. The number of imidazole rings is 1. The molecule has 1 aliphatic heterocycles. The van der Waals surface area contributed by atoms with E-state index in [1.807, 2.05) is 12.1 Å². The fourth-order valence-corrected chi connectivity index (χ4v) is 6.55. The summed E-state index contributed by atoms with van der Waals surface area (Å²) in [5, 5.41) is 20.2. The molecule has 0 saturated heterocycles. The highest BCUT2D eigenvalue weighted by molar-refractivity contribution is 8.00. The minimum atomic E-state index is -1.12. The van der Waals surface area contributed by atoms with Crippen molar-refractivity contribution in [3.63, 3.8) is 0 Å². The maximum atomic E-state index is 11.9. The van der Waals surface area contributed by atoms with E-state index in [1.165, 1.54) is 18.1 Å². The molecule has 34 heavy (non-hydrogen) atoms. The molecule has 1 aromatic carbocycles. The van der Waals surface area contributed by atoms with Crippen molar-refractivity contribution < 1.29 is 33.7 Å². The number of nitrogens with zero attached hydrogens (tertiary/aromatic N) is 1. The van der Waals surface area contributed by atoms with Crippen LogP contribution in [0.25, 0.3) is 0 Å². The molecule has 9 nitrogen and oxygen atoms in total. The normalized spacial score (nSPS) is 23.7. The van der Waals surface area contributed by atoms with E-state index in [9.17, 15) is 19.8 Å². The molecule has 178 valence electrons. The monoisotopic (exact) mass is 504 g/mol. The lowest BCUT2D eigenvalue weighted by Gasteiger charge is -2.44. The fraction of sp³-hybridized carbons (Fsp3) is 0.348. The van der Waals surface area contributed by atoms with Crippen LogP contribution in [0.1, 0.15) is 47.0 Å². The van der Waals surface area contributed by atoms with Crippen LogP contribution in [-0.2, 0) is 11.2 Å². The van der Waals surface area contributed by atoms with E-state index in [1.54, 1.807) is 18.4 Å². The number of fused-ring (bicyclic) bond motifs is 1. The average molecular weight is 505 g/mol. The van der Waals surface area contributed by atoms with Crippen LogP contribution in [0.3, 0.4) is 0 Å². The Balaban J connectivity index is 1.61. The van der Waals surface area contributed by atoms with Gasteiger partial charge in [-0.15, -0.1) is 0 Å². The van der Waals surface area contributed by atoms with E-state index in [-0.39, 0.29) is 18.4 Å². The van der Waals surface area contributed by atoms with E-state index in [0.29, 0.717) is 53.0 Å². The van der Waals surface area contributed by atoms with Crippen molar-refractivity contribution in [3.05, 3.63) is 58.9 Å². The summed E-state index contributed by atoms with van der Waals surface area (Å²) in [7, 11) is 0. The van der Waals surface area contributed by atoms with Crippen molar-refractivity contribution in [3.8, 4) is 11.5 Å². The van der Waals surface area contributed by atoms with Gasteiger partial charge in [0.15, 0.2) is 17.2 Å². The molecule has 1 fully saturated rings. The number of halogens is 1. The van der Waals surface area contributed by atoms with Crippen molar-refractivity contribution in [2.75, 3.05) is 6.79 Å². The molecule has 1 aliphatic carbocycles. The Bertz CT molecular complexity index is 1230. The van der Waals surface area contributed by atoms with Crippen molar-refractivity contribution in [1.29, 1.82) is 0 Å². The van der Waals surface area contributed by atoms with Crippen LogP contribution in [0.2, 0.25) is 5.02 Å². The van der Waals surface area contributed by atoms with E-state index in [2.05, 4.69) is 9.97 Å². The molecule has 3 aromatic rings. The molecular formula is C23H21ClN2O7S. The number of hydrogen-bond acceptors (Lipinski definition) is 7. The Morgan fingerprint density at radius 1 is 1.26 bits per heavy atom. The molecule has 3 atom stereocenters. The molecule has 11 heteroatoms. The number of H-pyrrole nitrogens is 1. The summed E-state index contributed by atoms with van der Waals surface area (Å²) in [4.78, 5) is 30.6. The smallest absolute Gasteiger partial charge is 0.355 e. The molecule has 5 rings (SSSR count). The first kappa shape index (κ1) is 22.7. The lowest BCUT2D eigenvalue weighted by molar-refractivity contribution is -0.143. The average Bonchev–Trinajstić information content (AvgIpc) is 3.56. The van der Waals surface area contributed by atoms with Gasteiger partial charge in [0.2, 0.25) is 6.79 Å².